The predicted octanol–water partition coefficient (Wildman–Crippen LogP) is 2.13. The summed E-state index contributed by atoms with van der Waals surface area (Å²) in [6.07, 6.45) is -0.664. The largest absolute Gasteiger partial charge is 0.479 e. The predicted molar refractivity (Wildman–Crippen MR) is 98.5 cm³/mol. The third kappa shape index (κ3) is 4.08. The van der Waals surface area contributed by atoms with Crippen LogP contribution in [0, 0.1) is 0 Å². The van der Waals surface area contributed by atoms with Gasteiger partial charge in [0.15, 0.2) is 12.1 Å². The fraction of sp³-hybridized carbons (Fsp3) is 0.250. The summed E-state index contributed by atoms with van der Waals surface area (Å²) in [5.41, 5.74) is 1.09. The molecule has 0 spiro atoms. The molecule has 0 aliphatic carbocycles. The molecule has 0 unspecified atom stereocenters. The van der Waals surface area contributed by atoms with Gasteiger partial charge in [0.2, 0.25) is 5.91 Å². The third-order valence-corrected chi connectivity index (χ3v) is 4.32. The Kier molecular flexibility index (Phi) is 5.40. The molecular formula is C20H20N2O5. The number of nitrogens with zero attached hydrogens (tertiary/aromatic N) is 1. The third-order valence-electron chi connectivity index (χ3n) is 4.32. The smallest absolute Gasteiger partial charge is 0.330 e. The minimum atomic E-state index is -1.14. The van der Waals surface area contributed by atoms with Crippen molar-refractivity contribution in [2.45, 2.75) is 25.5 Å². The number of anilines is 1. The highest BCUT2D eigenvalue weighted by atomic mass is 16.5. The topological polar surface area (TPSA) is 95.9 Å². The van der Waals surface area contributed by atoms with Gasteiger partial charge in [-0.1, -0.05) is 42.5 Å². The summed E-state index contributed by atoms with van der Waals surface area (Å²) in [5.74, 6) is -1.25. The van der Waals surface area contributed by atoms with E-state index in [4.69, 9.17) is 4.74 Å². The molecule has 1 aliphatic heterocycles. The number of aliphatic carboxylic acids is 1. The molecule has 0 saturated heterocycles. The molecule has 2 aromatic rings. The summed E-state index contributed by atoms with van der Waals surface area (Å²) < 4.78 is 5.57. The number of para-hydroxylation sites is 2. The molecule has 0 saturated carbocycles. The van der Waals surface area contributed by atoms with Crippen LogP contribution in [-0.2, 0) is 14.4 Å². The second kappa shape index (κ2) is 7.90. The molecule has 7 nitrogen and oxygen atoms in total. The maximum absolute atomic E-state index is 12.4. The molecule has 2 N–H and O–H groups in total. The van der Waals surface area contributed by atoms with Crippen LogP contribution in [0.4, 0.5) is 5.69 Å². The van der Waals surface area contributed by atoms with E-state index in [1.54, 1.807) is 55.5 Å². The standard InChI is InChI=1S/C20H20N2O5/c1-13-19(24)22(15-9-5-6-10-16(15)27-13)12-11-17(23)21-18(20(25)26)14-7-3-2-4-8-14/h2-10,13,18H,11-12H2,1H3,(H,21,23)(H,25,26)/t13-,18-/m1/s1. The first-order chi connectivity index (χ1) is 13.0. The number of hydrogen-bond acceptors (Lipinski definition) is 4. The summed E-state index contributed by atoms with van der Waals surface area (Å²) in [4.78, 5) is 37.8. The Balaban J connectivity index is 1.68. The van der Waals surface area contributed by atoms with E-state index in [1.807, 2.05) is 6.07 Å². The van der Waals surface area contributed by atoms with Gasteiger partial charge in [0.1, 0.15) is 5.75 Å². The van der Waals surface area contributed by atoms with Crippen LogP contribution in [0.5, 0.6) is 5.75 Å². The fourth-order valence-electron chi connectivity index (χ4n) is 2.97. The SMILES string of the molecule is C[C@H]1Oc2ccccc2N(CCC(=O)N[C@@H](C(=O)O)c2ccccc2)C1=O. The van der Waals surface area contributed by atoms with E-state index in [1.165, 1.54) is 4.90 Å². The molecule has 140 valence electrons. The molecule has 0 fully saturated rings. The zero-order valence-corrected chi connectivity index (χ0v) is 14.8. The highest BCUT2D eigenvalue weighted by molar-refractivity contribution is 6.00. The minimum Gasteiger partial charge on any atom is -0.479 e. The van der Waals surface area contributed by atoms with Crippen molar-refractivity contribution in [3.8, 4) is 5.75 Å². The van der Waals surface area contributed by atoms with Crippen LogP contribution in [0.3, 0.4) is 0 Å². The van der Waals surface area contributed by atoms with E-state index in [2.05, 4.69) is 5.32 Å². The van der Waals surface area contributed by atoms with Gasteiger partial charge >= 0.3 is 5.97 Å². The Morgan fingerprint density at radius 3 is 2.52 bits per heavy atom. The summed E-state index contributed by atoms with van der Waals surface area (Å²) in [7, 11) is 0. The molecule has 27 heavy (non-hydrogen) atoms. The number of ether oxygens (including phenoxy) is 1. The van der Waals surface area contributed by atoms with Crippen LogP contribution >= 0.6 is 0 Å². The number of carboxylic acids is 1. The highest BCUT2D eigenvalue weighted by Gasteiger charge is 2.31. The second-order valence-corrected chi connectivity index (χ2v) is 6.22. The molecule has 0 aromatic heterocycles. The normalized spacial score (nSPS) is 16.9. The van der Waals surface area contributed by atoms with Gasteiger partial charge in [-0.3, -0.25) is 9.59 Å². The molecule has 3 rings (SSSR count). The van der Waals surface area contributed by atoms with Gasteiger partial charge in [0.25, 0.3) is 5.91 Å². The van der Waals surface area contributed by atoms with Crippen LogP contribution in [0.15, 0.2) is 54.6 Å². The van der Waals surface area contributed by atoms with Crippen molar-refractivity contribution in [2.24, 2.45) is 0 Å². The van der Waals surface area contributed by atoms with Crippen molar-refractivity contribution in [3.05, 3.63) is 60.2 Å². The lowest BCUT2D eigenvalue weighted by Gasteiger charge is -2.32. The first kappa shape index (κ1) is 18.4. The number of carbonyl (C=O) groups excluding carboxylic acids is 2. The van der Waals surface area contributed by atoms with Crippen molar-refractivity contribution in [2.75, 3.05) is 11.4 Å². The lowest BCUT2D eigenvalue weighted by Crippen LogP contribution is -2.46. The average molecular weight is 368 g/mol. The van der Waals surface area contributed by atoms with Crippen LogP contribution in [0.25, 0.3) is 0 Å². The number of carbonyl (C=O) groups is 3. The first-order valence-electron chi connectivity index (χ1n) is 8.61. The Bertz CT molecular complexity index is 852. The van der Waals surface area contributed by atoms with Gasteiger partial charge in [-0.05, 0) is 24.6 Å². The van der Waals surface area contributed by atoms with E-state index in [0.29, 0.717) is 17.0 Å². The van der Waals surface area contributed by atoms with Gasteiger partial charge in [-0.25, -0.2) is 4.79 Å². The molecule has 2 aromatic carbocycles. The van der Waals surface area contributed by atoms with Gasteiger partial charge < -0.3 is 20.1 Å². The molecule has 2 amide bonds. The van der Waals surface area contributed by atoms with Crippen molar-refractivity contribution in [1.29, 1.82) is 0 Å². The van der Waals surface area contributed by atoms with Crippen molar-refractivity contribution < 1.29 is 24.2 Å². The average Bonchev–Trinajstić information content (AvgIpc) is 2.67. The Morgan fingerprint density at radius 1 is 1.15 bits per heavy atom. The zero-order chi connectivity index (χ0) is 19.4. The van der Waals surface area contributed by atoms with Crippen LogP contribution in [0.1, 0.15) is 24.9 Å². The van der Waals surface area contributed by atoms with Gasteiger partial charge in [-0.15, -0.1) is 0 Å². The summed E-state index contributed by atoms with van der Waals surface area (Å²) in [6, 6.07) is 14.5. The molecule has 0 bridgehead atoms. The maximum Gasteiger partial charge on any atom is 0.330 e. The molecular weight excluding hydrogens is 348 g/mol. The van der Waals surface area contributed by atoms with E-state index < -0.39 is 24.0 Å². The van der Waals surface area contributed by atoms with Crippen molar-refractivity contribution in [1.82, 2.24) is 5.32 Å². The number of fused-ring (bicyclic) bond motifs is 1. The molecule has 7 heteroatoms. The zero-order valence-electron chi connectivity index (χ0n) is 14.8. The summed E-state index contributed by atoms with van der Waals surface area (Å²) >= 11 is 0. The lowest BCUT2D eigenvalue weighted by molar-refractivity contribution is -0.142. The number of nitrogens with one attached hydrogen (secondary N) is 1. The Labute approximate surface area is 156 Å². The summed E-state index contributed by atoms with van der Waals surface area (Å²) in [6.45, 7) is 1.79. The lowest BCUT2D eigenvalue weighted by atomic mass is 10.1. The molecule has 1 heterocycles. The number of carboxylic acid groups (broad SMARTS) is 1. The Hall–Kier alpha value is -3.35. The molecule has 0 radical (unpaired) electrons. The van der Waals surface area contributed by atoms with Crippen LogP contribution in [-0.4, -0.2) is 35.5 Å². The van der Waals surface area contributed by atoms with E-state index in [9.17, 15) is 19.5 Å². The van der Waals surface area contributed by atoms with Gasteiger partial charge in [0, 0.05) is 13.0 Å². The second-order valence-electron chi connectivity index (χ2n) is 6.22. The first-order valence-corrected chi connectivity index (χ1v) is 8.61. The maximum atomic E-state index is 12.4. The van der Waals surface area contributed by atoms with E-state index >= 15 is 0 Å². The highest BCUT2D eigenvalue weighted by Crippen LogP contribution is 2.33. The van der Waals surface area contributed by atoms with E-state index in [0.717, 1.165) is 0 Å². The minimum absolute atomic E-state index is 0.0244. The van der Waals surface area contributed by atoms with Gasteiger partial charge in [0.05, 0.1) is 5.69 Å². The van der Waals surface area contributed by atoms with Gasteiger partial charge in [-0.2, -0.15) is 0 Å². The van der Waals surface area contributed by atoms with E-state index in [-0.39, 0.29) is 18.9 Å². The molecule has 2 atom stereocenters. The monoisotopic (exact) mass is 368 g/mol. The summed E-state index contributed by atoms with van der Waals surface area (Å²) in [5, 5.41) is 11.9. The quantitative estimate of drug-likeness (QED) is 0.814. The number of benzene rings is 2. The number of amides is 2. The molecule has 1 aliphatic rings. The van der Waals surface area contributed by atoms with Crippen molar-refractivity contribution in [3.63, 3.8) is 0 Å². The van der Waals surface area contributed by atoms with Crippen LogP contribution < -0.4 is 15.0 Å². The number of hydrogen-bond donors (Lipinski definition) is 2. The van der Waals surface area contributed by atoms with Crippen molar-refractivity contribution >= 4 is 23.5 Å². The number of rotatable bonds is 6. The van der Waals surface area contributed by atoms with Crippen LogP contribution in [0.2, 0.25) is 0 Å². The Morgan fingerprint density at radius 2 is 1.81 bits per heavy atom. The fourth-order valence-corrected chi connectivity index (χ4v) is 2.97.